The van der Waals surface area contributed by atoms with Crippen LogP contribution in [-0.2, 0) is 4.74 Å². The molecule has 0 fully saturated rings. The zero-order valence-electron chi connectivity index (χ0n) is 10.6. The minimum Gasteiger partial charge on any atom is -0.497 e. The van der Waals surface area contributed by atoms with Crippen LogP contribution in [0.25, 0.3) is 11.0 Å². The molecule has 0 aliphatic rings. The van der Waals surface area contributed by atoms with Crippen molar-refractivity contribution in [1.29, 1.82) is 0 Å². The molecule has 2 N–H and O–H groups in total. The van der Waals surface area contributed by atoms with Crippen molar-refractivity contribution in [2.24, 2.45) is 0 Å². The zero-order chi connectivity index (χ0) is 14.0. The summed E-state index contributed by atoms with van der Waals surface area (Å²) in [7, 11) is 1.49. The lowest BCUT2D eigenvalue weighted by Crippen LogP contribution is -2.16. The predicted octanol–water partition coefficient (Wildman–Crippen LogP) is 1.56. The average molecular weight is 263 g/mol. The smallest absolute Gasteiger partial charge is 0.360 e. The van der Waals surface area contributed by atoms with Gasteiger partial charge in [0, 0.05) is 5.39 Å². The minimum absolute atomic E-state index is 0.00648. The number of nitrogen functional groups attached to an aromatic ring is 1. The standard InChI is InChI=1S/C13H13NO5/c1-3-18-12(15)10-8-6-7(17-2)4-5-9(8)19-13(16)11(10)14/h4-6H,3,14H2,1-2H3. The Balaban J connectivity index is 2.79. The first-order chi connectivity index (χ1) is 9.08. The number of nitrogens with two attached hydrogens (primary N) is 1. The molecule has 1 aromatic carbocycles. The Morgan fingerprint density at radius 2 is 2.16 bits per heavy atom. The number of fused-ring (bicyclic) bond motifs is 1. The SMILES string of the molecule is CCOC(=O)c1c(N)c(=O)oc2ccc(OC)cc12. The maximum Gasteiger partial charge on any atom is 0.360 e. The van der Waals surface area contributed by atoms with Crippen LogP contribution >= 0.6 is 0 Å². The number of carbonyl (C=O) groups excluding carboxylic acids is 1. The van der Waals surface area contributed by atoms with E-state index in [4.69, 9.17) is 19.6 Å². The zero-order valence-corrected chi connectivity index (χ0v) is 10.6. The van der Waals surface area contributed by atoms with Gasteiger partial charge in [0.05, 0.1) is 13.7 Å². The van der Waals surface area contributed by atoms with Gasteiger partial charge in [0.15, 0.2) is 0 Å². The molecular weight excluding hydrogens is 250 g/mol. The number of benzene rings is 1. The Morgan fingerprint density at radius 1 is 1.42 bits per heavy atom. The highest BCUT2D eigenvalue weighted by molar-refractivity contribution is 6.07. The van der Waals surface area contributed by atoms with E-state index in [1.54, 1.807) is 19.1 Å². The van der Waals surface area contributed by atoms with E-state index in [1.807, 2.05) is 0 Å². The van der Waals surface area contributed by atoms with E-state index < -0.39 is 11.6 Å². The van der Waals surface area contributed by atoms with Crippen molar-refractivity contribution in [3.8, 4) is 5.75 Å². The summed E-state index contributed by atoms with van der Waals surface area (Å²) in [6.45, 7) is 1.85. The van der Waals surface area contributed by atoms with Crippen molar-refractivity contribution in [1.82, 2.24) is 0 Å². The second kappa shape index (κ2) is 5.01. The van der Waals surface area contributed by atoms with Crippen LogP contribution in [0.15, 0.2) is 27.4 Å². The molecule has 0 saturated carbocycles. The number of esters is 1. The number of methoxy groups -OCH3 is 1. The third kappa shape index (κ3) is 2.24. The Morgan fingerprint density at radius 3 is 2.79 bits per heavy atom. The molecule has 0 aliphatic carbocycles. The molecule has 0 atom stereocenters. The summed E-state index contributed by atoms with van der Waals surface area (Å²) in [5.41, 5.74) is 4.85. The van der Waals surface area contributed by atoms with Crippen LogP contribution in [0.3, 0.4) is 0 Å². The summed E-state index contributed by atoms with van der Waals surface area (Å²) in [6.07, 6.45) is 0. The fourth-order valence-corrected chi connectivity index (χ4v) is 1.75. The Bertz CT molecular complexity index is 689. The molecule has 19 heavy (non-hydrogen) atoms. The largest absolute Gasteiger partial charge is 0.497 e. The lowest BCUT2D eigenvalue weighted by Gasteiger charge is -2.08. The normalized spacial score (nSPS) is 10.4. The van der Waals surface area contributed by atoms with Gasteiger partial charge >= 0.3 is 11.6 Å². The first kappa shape index (κ1) is 12.9. The van der Waals surface area contributed by atoms with Gasteiger partial charge in [-0.25, -0.2) is 9.59 Å². The highest BCUT2D eigenvalue weighted by Gasteiger charge is 2.20. The van der Waals surface area contributed by atoms with Gasteiger partial charge in [-0.1, -0.05) is 0 Å². The fourth-order valence-electron chi connectivity index (χ4n) is 1.75. The maximum absolute atomic E-state index is 11.9. The van der Waals surface area contributed by atoms with Crippen molar-refractivity contribution in [3.05, 3.63) is 34.2 Å². The van der Waals surface area contributed by atoms with E-state index in [1.165, 1.54) is 13.2 Å². The molecule has 1 heterocycles. The van der Waals surface area contributed by atoms with Crippen molar-refractivity contribution in [2.45, 2.75) is 6.92 Å². The van der Waals surface area contributed by atoms with E-state index >= 15 is 0 Å². The van der Waals surface area contributed by atoms with Crippen molar-refractivity contribution in [2.75, 3.05) is 19.5 Å². The van der Waals surface area contributed by atoms with Crippen LogP contribution < -0.4 is 16.1 Å². The van der Waals surface area contributed by atoms with E-state index in [0.29, 0.717) is 11.1 Å². The third-order valence-corrected chi connectivity index (χ3v) is 2.63. The topological polar surface area (TPSA) is 91.8 Å². The van der Waals surface area contributed by atoms with E-state index in [-0.39, 0.29) is 23.4 Å². The van der Waals surface area contributed by atoms with Crippen LogP contribution in [0.4, 0.5) is 5.69 Å². The molecule has 0 amide bonds. The van der Waals surface area contributed by atoms with Crippen molar-refractivity contribution in [3.63, 3.8) is 0 Å². The van der Waals surface area contributed by atoms with E-state index in [0.717, 1.165) is 0 Å². The summed E-state index contributed by atoms with van der Waals surface area (Å²) in [5.74, 6) is -0.141. The quantitative estimate of drug-likeness (QED) is 0.667. The first-order valence-electron chi connectivity index (χ1n) is 5.66. The highest BCUT2D eigenvalue weighted by atomic mass is 16.5. The van der Waals surface area contributed by atoms with Crippen LogP contribution in [0.1, 0.15) is 17.3 Å². The van der Waals surface area contributed by atoms with Crippen LogP contribution in [0.2, 0.25) is 0 Å². The van der Waals surface area contributed by atoms with Crippen molar-refractivity contribution < 1.29 is 18.7 Å². The molecule has 0 unspecified atom stereocenters. The van der Waals surface area contributed by atoms with Gasteiger partial charge in [-0.15, -0.1) is 0 Å². The molecule has 0 saturated heterocycles. The molecule has 100 valence electrons. The Kier molecular flexibility index (Phi) is 3.41. The summed E-state index contributed by atoms with van der Waals surface area (Å²) in [4.78, 5) is 23.5. The van der Waals surface area contributed by atoms with Crippen LogP contribution in [0.5, 0.6) is 5.75 Å². The average Bonchev–Trinajstić information content (AvgIpc) is 2.40. The molecule has 2 aromatic rings. The predicted molar refractivity (Wildman–Crippen MR) is 69.4 cm³/mol. The van der Waals surface area contributed by atoms with Gasteiger partial charge in [0.2, 0.25) is 0 Å². The minimum atomic E-state index is -0.763. The number of anilines is 1. The van der Waals surface area contributed by atoms with E-state index in [2.05, 4.69) is 0 Å². The lowest BCUT2D eigenvalue weighted by atomic mass is 10.1. The van der Waals surface area contributed by atoms with E-state index in [9.17, 15) is 9.59 Å². The molecule has 2 rings (SSSR count). The van der Waals surface area contributed by atoms with Gasteiger partial charge < -0.3 is 19.6 Å². The monoisotopic (exact) mass is 263 g/mol. The molecule has 0 spiro atoms. The molecule has 0 aliphatic heterocycles. The molecule has 6 heteroatoms. The van der Waals surface area contributed by atoms with Gasteiger partial charge in [0.1, 0.15) is 22.6 Å². The maximum atomic E-state index is 11.9. The molecule has 0 bridgehead atoms. The van der Waals surface area contributed by atoms with Gasteiger partial charge in [-0.2, -0.15) is 0 Å². The number of hydrogen-bond acceptors (Lipinski definition) is 6. The molecule has 6 nitrogen and oxygen atoms in total. The number of hydrogen-bond donors (Lipinski definition) is 1. The highest BCUT2D eigenvalue weighted by Crippen LogP contribution is 2.26. The third-order valence-electron chi connectivity index (χ3n) is 2.63. The van der Waals surface area contributed by atoms with Gasteiger partial charge in [-0.05, 0) is 25.1 Å². The summed E-state index contributed by atoms with van der Waals surface area (Å²) in [5, 5.41) is 0.384. The Labute approximate surface area is 108 Å². The second-order valence-electron chi connectivity index (χ2n) is 3.76. The lowest BCUT2D eigenvalue weighted by molar-refractivity contribution is 0.0529. The molecule has 1 aromatic heterocycles. The number of rotatable bonds is 3. The van der Waals surface area contributed by atoms with Crippen molar-refractivity contribution >= 4 is 22.6 Å². The Hall–Kier alpha value is -2.50. The van der Waals surface area contributed by atoms with Crippen LogP contribution in [-0.4, -0.2) is 19.7 Å². The first-order valence-corrected chi connectivity index (χ1v) is 5.66. The molecular formula is C13H13NO5. The number of carbonyl (C=O) groups is 1. The van der Waals surface area contributed by atoms with Gasteiger partial charge in [0.25, 0.3) is 0 Å². The van der Waals surface area contributed by atoms with Gasteiger partial charge in [-0.3, -0.25) is 0 Å². The second-order valence-corrected chi connectivity index (χ2v) is 3.76. The summed E-state index contributed by atoms with van der Waals surface area (Å²) in [6, 6.07) is 4.73. The summed E-state index contributed by atoms with van der Waals surface area (Å²) < 4.78 is 15.0. The number of ether oxygens (including phenoxy) is 2. The summed E-state index contributed by atoms with van der Waals surface area (Å²) >= 11 is 0. The molecule has 0 radical (unpaired) electrons. The van der Waals surface area contributed by atoms with Crippen LogP contribution in [0, 0.1) is 0 Å². The fraction of sp³-hybridized carbons (Fsp3) is 0.231.